The number of fused-ring (bicyclic) bond motifs is 1. The standard InChI is InChI=1S/C12H15N2O4/c1-14-7-17-6-11(14)12(18-8-14)9-2-4-10(5-3-9)13(15)16/h2-5,11-12H,6-8H2,1H3/q+1. The minimum absolute atomic E-state index is 0.0293. The van der Waals surface area contributed by atoms with E-state index in [0.29, 0.717) is 20.1 Å². The van der Waals surface area contributed by atoms with Crippen molar-refractivity contribution in [3.63, 3.8) is 0 Å². The lowest BCUT2D eigenvalue weighted by molar-refractivity contribution is -0.925. The third-order valence-corrected chi connectivity index (χ3v) is 3.81. The van der Waals surface area contributed by atoms with Gasteiger partial charge in [0.2, 0.25) is 0 Å². The number of nitrogens with zero attached hydrogens (tertiary/aromatic N) is 2. The van der Waals surface area contributed by atoms with Gasteiger partial charge in [-0.05, 0) is 17.7 Å². The number of hydrogen-bond acceptors (Lipinski definition) is 4. The van der Waals surface area contributed by atoms with E-state index in [1.54, 1.807) is 12.1 Å². The van der Waals surface area contributed by atoms with E-state index in [1.807, 2.05) is 0 Å². The largest absolute Gasteiger partial charge is 0.325 e. The molecule has 1 aromatic carbocycles. The summed E-state index contributed by atoms with van der Waals surface area (Å²) in [6.07, 6.45) is -0.0293. The molecule has 3 atom stereocenters. The first-order chi connectivity index (χ1) is 8.60. The van der Waals surface area contributed by atoms with Crippen LogP contribution in [0.1, 0.15) is 11.7 Å². The van der Waals surface area contributed by atoms with E-state index in [0.717, 1.165) is 10.0 Å². The number of hydrogen-bond donors (Lipinski definition) is 0. The van der Waals surface area contributed by atoms with Gasteiger partial charge in [0, 0.05) is 12.1 Å². The summed E-state index contributed by atoms with van der Waals surface area (Å²) in [7, 11) is 2.11. The van der Waals surface area contributed by atoms with Crippen LogP contribution in [0, 0.1) is 10.1 Å². The molecule has 1 aromatic rings. The molecular weight excluding hydrogens is 236 g/mol. The smallest absolute Gasteiger partial charge is 0.269 e. The second kappa shape index (κ2) is 4.01. The number of ether oxygens (including phenoxy) is 2. The zero-order chi connectivity index (χ0) is 12.8. The van der Waals surface area contributed by atoms with Crippen LogP contribution in [0.5, 0.6) is 0 Å². The van der Waals surface area contributed by atoms with Gasteiger partial charge in [0.05, 0.1) is 12.0 Å². The van der Waals surface area contributed by atoms with Crippen molar-refractivity contribution < 1.29 is 18.9 Å². The lowest BCUT2D eigenvalue weighted by Crippen LogP contribution is -2.45. The first kappa shape index (κ1) is 11.6. The first-order valence-electron chi connectivity index (χ1n) is 5.88. The molecule has 0 saturated carbocycles. The monoisotopic (exact) mass is 251 g/mol. The molecule has 0 amide bonds. The van der Waals surface area contributed by atoms with Gasteiger partial charge < -0.3 is 9.47 Å². The number of quaternary nitrogens is 1. The second-order valence-electron chi connectivity index (χ2n) is 5.11. The van der Waals surface area contributed by atoms with E-state index in [4.69, 9.17) is 9.47 Å². The quantitative estimate of drug-likeness (QED) is 0.453. The zero-order valence-electron chi connectivity index (χ0n) is 10.1. The molecule has 3 rings (SSSR count). The van der Waals surface area contributed by atoms with Crippen molar-refractivity contribution in [2.45, 2.75) is 12.1 Å². The highest BCUT2D eigenvalue weighted by Crippen LogP contribution is 2.38. The summed E-state index contributed by atoms with van der Waals surface area (Å²) in [4.78, 5) is 10.2. The average molecular weight is 251 g/mol. The molecule has 96 valence electrons. The topological polar surface area (TPSA) is 61.6 Å². The number of rotatable bonds is 2. The van der Waals surface area contributed by atoms with E-state index in [-0.39, 0.29) is 17.8 Å². The molecule has 0 bridgehead atoms. The molecule has 3 unspecified atom stereocenters. The van der Waals surface area contributed by atoms with Gasteiger partial charge in [-0.25, -0.2) is 0 Å². The Balaban J connectivity index is 1.85. The fourth-order valence-corrected chi connectivity index (χ4v) is 2.67. The molecule has 6 nitrogen and oxygen atoms in total. The van der Waals surface area contributed by atoms with Crippen LogP contribution in [0.2, 0.25) is 0 Å². The molecule has 2 aliphatic rings. The van der Waals surface area contributed by atoms with Crippen molar-refractivity contribution in [2.75, 3.05) is 27.1 Å². The predicted molar refractivity (Wildman–Crippen MR) is 62.6 cm³/mol. The number of nitro benzene ring substituents is 1. The Morgan fingerprint density at radius 1 is 1.33 bits per heavy atom. The van der Waals surface area contributed by atoms with Crippen LogP contribution >= 0.6 is 0 Å². The second-order valence-corrected chi connectivity index (χ2v) is 5.11. The Hall–Kier alpha value is -1.50. The third-order valence-electron chi connectivity index (χ3n) is 3.81. The Kier molecular flexibility index (Phi) is 2.58. The predicted octanol–water partition coefficient (Wildman–Crippen LogP) is 1.43. The first-order valence-corrected chi connectivity index (χ1v) is 5.88. The Bertz CT molecular complexity index is 475. The van der Waals surface area contributed by atoms with Gasteiger partial charge in [0.15, 0.2) is 13.5 Å². The van der Waals surface area contributed by atoms with Crippen LogP contribution in [0.25, 0.3) is 0 Å². The Morgan fingerprint density at radius 2 is 2.06 bits per heavy atom. The molecule has 0 radical (unpaired) electrons. The summed E-state index contributed by atoms with van der Waals surface area (Å²) in [5, 5.41) is 10.6. The van der Waals surface area contributed by atoms with E-state index in [2.05, 4.69) is 7.05 Å². The van der Waals surface area contributed by atoms with Gasteiger partial charge in [-0.15, -0.1) is 0 Å². The molecular formula is C12H15N2O4+. The average Bonchev–Trinajstić information content (AvgIpc) is 2.86. The minimum atomic E-state index is -0.391. The van der Waals surface area contributed by atoms with Crippen molar-refractivity contribution in [1.29, 1.82) is 0 Å². The summed E-state index contributed by atoms with van der Waals surface area (Å²) in [6.45, 7) is 1.98. The van der Waals surface area contributed by atoms with Crippen LogP contribution in [-0.2, 0) is 9.47 Å². The number of likely N-dealkylation sites (N-methyl/N-ethyl adjacent to an activating group) is 1. The van der Waals surface area contributed by atoms with Crippen molar-refractivity contribution in [1.82, 2.24) is 0 Å². The minimum Gasteiger partial charge on any atom is -0.325 e. The van der Waals surface area contributed by atoms with E-state index >= 15 is 0 Å². The lowest BCUT2D eigenvalue weighted by atomic mass is 10.0. The summed E-state index contributed by atoms with van der Waals surface area (Å²) in [6, 6.07) is 6.88. The summed E-state index contributed by atoms with van der Waals surface area (Å²) < 4.78 is 12.1. The van der Waals surface area contributed by atoms with Crippen molar-refractivity contribution in [2.24, 2.45) is 0 Å². The molecule has 2 aliphatic heterocycles. The highest BCUT2D eigenvalue weighted by atomic mass is 16.6. The van der Waals surface area contributed by atoms with E-state index in [9.17, 15) is 10.1 Å². The molecule has 6 heteroatoms. The number of benzene rings is 1. The molecule has 0 N–H and O–H groups in total. The van der Waals surface area contributed by atoms with Crippen LogP contribution in [0.3, 0.4) is 0 Å². The van der Waals surface area contributed by atoms with Crippen molar-refractivity contribution in [3.8, 4) is 0 Å². The van der Waals surface area contributed by atoms with Crippen LogP contribution < -0.4 is 0 Å². The van der Waals surface area contributed by atoms with Gasteiger partial charge in [-0.2, -0.15) is 0 Å². The van der Waals surface area contributed by atoms with Crippen LogP contribution in [0.15, 0.2) is 24.3 Å². The SMILES string of the molecule is C[N+]12COCC1C(c1ccc([N+](=O)[O-])cc1)OC2. The summed E-state index contributed by atoms with van der Waals surface area (Å²) in [5.74, 6) is 0. The highest BCUT2D eigenvalue weighted by molar-refractivity contribution is 5.34. The highest BCUT2D eigenvalue weighted by Gasteiger charge is 2.51. The maximum Gasteiger partial charge on any atom is 0.269 e. The molecule has 2 saturated heterocycles. The maximum absolute atomic E-state index is 10.6. The van der Waals surface area contributed by atoms with Crippen LogP contribution in [-0.4, -0.2) is 42.6 Å². The third kappa shape index (κ3) is 1.69. The molecule has 0 aromatic heterocycles. The number of non-ortho nitro benzene ring substituents is 1. The van der Waals surface area contributed by atoms with E-state index in [1.165, 1.54) is 12.1 Å². The number of nitro groups is 1. The molecule has 0 spiro atoms. The molecule has 2 fully saturated rings. The molecule has 2 heterocycles. The summed E-state index contributed by atoms with van der Waals surface area (Å²) >= 11 is 0. The Morgan fingerprint density at radius 3 is 2.72 bits per heavy atom. The molecule has 18 heavy (non-hydrogen) atoms. The summed E-state index contributed by atoms with van der Waals surface area (Å²) in [5.41, 5.74) is 1.09. The van der Waals surface area contributed by atoms with Gasteiger partial charge in [0.25, 0.3) is 5.69 Å². The van der Waals surface area contributed by atoms with Gasteiger partial charge in [-0.1, -0.05) is 0 Å². The van der Waals surface area contributed by atoms with E-state index < -0.39 is 4.92 Å². The van der Waals surface area contributed by atoms with Crippen molar-refractivity contribution in [3.05, 3.63) is 39.9 Å². The fraction of sp³-hybridized carbons (Fsp3) is 0.500. The van der Waals surface area contributed by atoms with Crippen LogP contribution in [0.4, 0.5) is 5.69 Å². The Labute approximate surface area is 104 Å². The van der Waals surface area contributed by atoms with Gasteiger partial charge in [-0.3, -0.25) is 14.6 Å². The van der Waals surface area contributed by atoms with Gasteiger partial charge in [0.1, 0.15) is 18.8 Å². The van der Waals surface area contributed by atoms with Gasteiger partial charge >= 0.3 is 0 Å². The maximum atomic E-state index is 10.6. The zero-order valence-corrected chi connectivity index (χ0v) is 10.1. The fourth-order valence-electron chi connectivity index (χ4n) is 2.67. The molecule has 0 aliphatic carbocycles. The van der Waals surface area contributed by atoms with Crippen molar-refractivity contribution >= 4 is 5.69 Å². The normalized spacial score (nSPS) is 34.5. The lowest BCUT2D eigenvalue weighted by Gasteiger charge is -2.25.